The molecule has 0 aliphatic carbocycles. The van der Waals surface area contributed by atoms with Gasteiger partial charge in [-0.2, -0.15) is 0 Å². The average molecular weight is 311 g/mol. The summed E-state index contributed by atoms with van der Waals surface area (Å²) in [5.74, 6) is -0.0342. The van der Waals surface area contributed by atoms with Crippen molar-refractivity contribution in [2.75, 3.05) is 13.1 Å². The molecule has 1 saturated heterocycles. The molecule has 1 N–H and O–H groups in total. The Morgan fingerprint density at radius 2 is 1.70 bits per heavy atom. The normalized spacial score (nSPS) is 16.2. The van der Waals surface area contributed by atoms with Crippen LogP contribution in [0.5, 0.6) is 5.75 Å². The first-order chi connectivity index (χ1) is 11.2. The van der Waals surface area contributed by atoms with E-state index >= 15 is 0 Å². The Morgan fingerprint density at radius 3 is 2.30 bits per heavy atom. The van der Waals surface area contributed by atoms with Gasteiger partial charge in [-0.3, -0.25) is 9.69 Å². The molecule has 0 aromatic heterocycles. The van der Waals surface area contributed by atoms with E-state index < -0.39 is 12.0 Å². The first kappa shape index (κ1) is 15.6. The average Bonchev–Trinajstić information content (AvgIpc) is 3.09. The molecule has 0 bridgehead atoms. The molecule has 1 fully saturated rings. The molecule has 2 aromatic carbocycles. The summed E-state index contributed by atoms with van der Waals surface area (Å²) < 4.78 is 5.75. The Hall–Kier alpha value is -2.33. The topological polar surface area (TPSA) is 49.8 Å². The number of hydrogen-bond donors (Lipinski definition) is 1. The van der Waals surface area contributed by atoms with E-state index in [2.05, 4.69) is 0 Å². The van der Waals surface area contributed by atoms with Crippen LogP contribution in [0.15, 0.2) is 54.6 Å². The Balaban J connectivity index is 1.66. The molecule has 4 nitrogen and oxygen atoms in total. The van der Waals surface area contributed by atoms with Gasteiger partial charge in [0.1, 0.15) is 18.4 Å². The molecule has 0 spiro atoms. The molecule has 1 aliphatic heterocycles. The number of hydrogen-bond acceptors (Lipinski definition) is 3. The minimum absolute atomic E-state index is 0.509. The lowest BCUT2D eigenvalue weighted by Crippen LogP contribution is -2.31. The summed E-state index contributed by atoms with van der Waals surface area (Å²) in [5, 5.41) is 9.54. The molecule has 1 heterocycles. The van der Waals surface area contributed by atoms with E-state index in [1.54, 1.807) is 0 Å². The lowest BCUT2D eigenvalue weighted by molar-refractivity contribution is -0.143. The third-order valence-electron chi connectivity index (χ3n) is 4.18. The monoisotopic (exact) mass is 311 g/mol. The number of benzene rings is 2. The van der Waals surface area contributed by atoms with Gasteiger partial charge in [-0.15, -0.1) is 0 Å². The molecule has 0 saturated carbocycles. The molecule has 23 heavy (non-hydrogen) atoms. The maximum Gasteiger partial charge on any atom is 0.325 e. The van der Waals surface area contributed by atoms with Gasteiger partial charge in [0.15, 0.2) is 0 Å². The zero-order valence-electron chi connectivity index (χ0n) is 13.0. The minimum Gasteiger partial charge on any atom is -0.489 e. The number of carbonyl (C=O) groups is 1. The Morgan fingerprint density at radius 1 is 1.04 bits per heavy atom. The van der Waals surface area contributed by atoms with Crippen molar-refractivity contribution in [2.45, 2.75) is 25.5 Å². The second-order valence-electron chi connectivity index (χ2n) is 5.83. The third-order valence-corrected chi connectivity index (χ3v) is 4.18. The first-order valence-electron chi connectivity index (χ1n) is 7.97. The van der Waals surface area contributed by atoms with Crippen molar-refractivity contribution in [2.24, 2.45) is 0 Å². The van der Waals surface area contributed by atoms with Crippen molar-refractivity contribution >= 4 is 5.97 Å². The fourth-order valence-corrected chi connectivity index (χ4v) is 3.00. The van der Waals surface area contributed by atoms with E-state index in [0.29, 0.717) is 6.61 Å². The van der Waals surface area contributed by atoms with Crippen molar-refractivity contribution in [3.8, 4) is 5.75 Å². The van der Waals surface area contributed by atoms with Crippen molar-refractivity contribution in [1.82, 2.24) is 4.90 Å². The molecule has 120 valence electrons. The van der Waals surface area contributed by atoms with Crippen LogP contribution in [0.3, 0.4) is 0 Å². The predicted molar refractivity (Wildman–Crippen MR) is 88.4 cm³/mol. The maximum absolute atomic E-state index is 11.6. The Bertz CT molecular complexity index is 633. The highest BCUT2D eigenvalue weighted by Crippen LogP contribution is 2.27. The molecule has 2 aromatic rings. The van der Waals surface area contributed by atoms with Crippen LogP contribution in [0.2, 0.25) is 0 Å². The highest BCUT2D eigenvalue weighted by Gasteiger charge is 2.29. The summed E-state index contributed by atoms with van der Waals surface area (Å²) in [6, 6.07) is 16.8. The largest absolute Gasteiger partial charge is 0.489 e. The Kier molecular flexibility index (Phi) is 4.93. The van der Waals surface area contributed by atoms with Crippen LogP contribution in [0, 0.1) is 0 Å². The second-order valence-corrected chi connectivity index (χ2v) is 5.83. The number of carboxylic acids is 1. The molecular formula is C19H21NO3. The van der Waals surface area contributed by atoms with Crippen molar-refractivity contribution in [1.29, 1.82) is 0 Å². The lowest BCUT2D eigenvalue weighted by atomic mass is 10.1. The number of likely N-dealkylation sites (tertiary alicyclic amines) is 1. The highest BCUT2D eigenvalue weighted by molar-refractivity contribution is 5.75. The summed E-state index contributed by atoms with van der Waals surface area (Å²) in [6.07, 6.45) is 2.14. The van der Waals surface area contributed by atoms with Crippen LogP contribution in [0.25, 0.3) is 0 Å². The van der Waals surface area contributed by atoms with Gasteiger partial charge in [0.05, 0.1) is 0 Å². The highest BCUT2D eigenvalue weighted by atomic mass is 16.5. The number of ether oxygens (including phenoxy) is 1. The van der Waals surface area contributed by atoms with Crippen molar-refractivity contribution in [3.63, 3.8) is 0 Å². The summed E-state index contributed by atoms with van der Waals surface area (Å²) in [6.45, 7) is 2.21. The van der Waals surface area contributed by atoms with Crippen LogP contribution in [-0.2, 0) is 11.4 Å². The SMILES string of the molecule is O=C(O)[C@H](c1ccc(OCc2ccccc2)cc1)N1CCCC1. The molecular weight excluding hydrogens is 290 g/mol. The van der Waals surface area contributed by atoms with Gasteiger partial charge < -0.3 is 9.84 Å². The molecule has 0 amide bonds. The van der Waals surface area contributed by atoms with Crippen LogP contribution in [0.1, 0.15) is 30.0 Å². The van der Waals surface area contributed by atoms with Gasteiger partial charge >= 0.3 is 5.97 Å². The fraction of sp³-hybridized carbons (Fsp3) is 0.316. The zero-order valence-corrected chi connectivity index (χ0v) is 13.0. The zero-order chi connectivity index (χ0) is 16.1. The molecule has 3 rings (SSSR count). The first-order valence-corrected chi connectivity index (χ1v) is 7.97. The molecule has 1 aliphatic rings. The van der Waals surface area contributed by atoms with Crippen molar-refractivity contribution < 1.29 is 14.6 Å². The molecule has 0 unspecified atom stereocenters. The maximum atomic E-state index is 11.6. The summed E-state index contributed by atoms with van der Waals surface area (Å²) in [5.41, 5.74) is 1.92. The van der Waals surface area contributed by atoms with Gasteiger partial charge in [0.25, 0.3) is 0 Å². The predicted octanol–water partition coefficient (Wildman–Crippen LogP) is 3.49. The van der Waals surface area contributed by atoms with Gasteiger partial charge in [-0.1, -0.05) is 42.5 Å². The number of aliphatic carboxylic acids is 1. The molecule has 4 heteroatoms. The van der Waals surface area contributed by atoms with Gasteiger partial charge in [0, 0.05) is 0 Å². The van der Waals surface area contributed by atoms with E-state index in [1.807, 2.05) is 59.5 Å². The number of rotatable bonds is 6. The van der Waals surface area contributed by atoms with Crippen LogP contribution in [0.4, 0.5) is 0 Å². The van der Waals surface area contributed by atoms with Crippen LogP contribution < -0.4 is 4.74 Å². The van der Waals surface area contributed by atoms with Crippen LogP contribution in [-0.4, -0.2) is 29.1 Å². The van der Waals surface area contributed by atoms with E-state index in [9.17, 15) is 9.90 Å². The van der Waals surface area contributed by atoms with Gasteiger partial charge in [-0.05, 0) is 49.2 Å². The Labute approximate surface area is 136 Å². The summed E-state index contributed by atoms with van der Waals surface area (Å²) in [7, 11) is 0. The minimum atomic E-state index is -0.787. The summed E-state index contributed by atoms with van der Waals surface area (Å²) >= 11 is 0. The molecule has 1 atom stereocenters. The number of carboxylic acid groups (broad SMARTS) is 1. The van der Waals surface area contributed by atoms with Crippen molar-refractivity contribution in [3.05, 3.63) is 65.7 Å². The smallest absolute Gasteiger partial charge is 0.325 e. The van der Waals surface area contributed by atoms with E-state index in [4.69, 9.17) is 4.74 Å². The number of nitrogens with zero attached hydrogens (tertiary/aromatic N) is 1. The lowest BCUT2D eigenvalue weighted by Gasteiger charge is -2.24. The van der Waals surface area contributed by atoms with Gasteiger partial charge in [0.2, 0.25) is 0 Å². The van der Waals surface area contributed by atoms with E-state index in [-0.39, 0.29) is 0 Å². The third kappa shape index (κ3) is 3.90. The van der Waals surface area contributed by atoms with Gasteiger partial charge in [-0.25, -0.2) is 0 Å². The fourth-order valence-electron chi connectivity index (χ4n) is 3.00. The summed E-state index contributed by atoms with van der Waals surface area (Å²) in [4.78, 5) is 13.6. The van der Waals surface area contributed by atoms with E-state index in [1.165, 1.54) is 0 Å². The van der Waals surface area contributed by atoms with Crippen LogP contribution >= 0.6 is 0 Å². The molecule has 0 radical (unpaired) electrons. The standard InChI is InChI=1S/C19H21NO3/c21-19(22)18(20-12-4-5-13-20)16-8-10-17(11-9-16)23-14-15-6-2-1-3-7-15/h1-3,6-11,18H,4-5,12-14H2,(H,21,22)/t18-/m0/s1. The second kappa shape index (κ2) is 7.29. The quantitative estimate of drug-likeness (QED) is 0.887. The van der Waals surface area contributed by atoms with E-state index in [0.717, 1.165) is 42.8 Å².